The number of fused-ring (bicyclic) bond motifs is 4. The summed E-state index contributed by atoms with van der Waals surface area (Å²) >= 11 is 0. The number of carbonyl (C=O) groups excluding carboxylic acids is 5. The first-order chi connectivity index (χ1) is 34.5. The molecule has 3 atom stereocenters. The van der Waals surface area contributed by atoms with E-state index < -0.39 is 29.1 Å². The zero-order chi connectivity index (χ0) is 48.8. The molecule has 8 heterocycles. The lowest BCUT2D eigenvalue weighted by molar-refractivity contribution is -0.137. The molecule has 12 rings (SSSR count). The number of aromatic nitrogens is 2. The number of benzene rings is 3. The predicted molar refractivity (Wildman–Crippen MR) is 264 cm³/mol. The lowest BCUT2D eigenvalue weighted by atomic mass is 9.86. The summed E-state index contributed by atoms with van der Waals surface area (Å²) in [6.07, 6.45) is 9.19. The first kappa shape index (κ1) is 46.2. The average molecular weight is 965 g/mol. The number of anilines is 4. The van der Waals surface area contributed by atoms with Gasteiger partial charge in [0.15, 0.2) is 0 Å². The van der Waals surface area contributed by atoms with Crippen LogP contribution in [0.1, 0.15) is 67.3 Å². The number of imide groups is 1. The maximum Gasteiger partial charge on any atom is 0.256 e. The van der Waals surface area contributed by atoms with Gasteiger partial charge in [-0.1, -0.05) is 0 Å². The van der Waals surface area contributed by atoms with Gasteiger partial charge in [-0.25, -0.2) is 9.37 Å². The van der Waals surface area contributed by atoms with E-state index in [1.54, 1.807) is 48.7 Å². The van der Waals surface area contributed by atoms with Crippen molar-refractivity contribution in [2.75, 3.05) is 73.8 Å². The molecular weight excluding hydrogens is 908 g/mol. The molecule has 7 aliphatic rings. The van der Waals surface area contributed by atoms with Crippen molar-refractivity contribution < 1.29 is 37.8 Å². The molecule has 368 valence electrons. The van der Waals surface area contributed by atoms with Crippen LogP contribution in [-0.2, 0) is 25.7 Å². The Hall–Kier alpha value is -7.18. The number of ether oxygens (including phenoxy) is 2. The summed E-state index contributed by atoms with van der Waals surface area (Å²) in [7, 11) is 1.69. The molecule has 17 nitrogen and oxygen atoms in total. The van der Waals surface area contributed by atoms with E-state index in [1.807, 2.05) is 18.2 Å². The van der Waals surface area contributed by atoms with Crippen LogP contribution >= 0.6 is 0 Å². The van der Waals surface area contributed by atoms with E-state index in [9.17, 15) is 28.4 Å². The van der Waals surface area contributed by atoms with Gasteiger partial charge in [0.1, 0.15) is 40.3 Å². The Balaban J connectivity index is 0.626. The Morgan fingerprint density at radius 3 is 2.28 bits per heavy atom. The van der Waals surface area contributed by atoms with E-state index in [0.29, 0.717) is 72.2 Å². The predicted octanol–water partition coefficient (Wildman–Crippen LogP) is 6.17. The first-order valence-corrected chi connectivity index (χ1v) is 24.7. The molecule has 71 heavy (non-hydrogen) atoms. The van der Waals surface area contributed by atoms with Gasteiger partial charge >= 0.3 is 0 Å². The number of hydrogen-bond donors (Lipinski definition) is 4. The van der Waals surface area contributed by atoms with Crippen molar-refractivity contribution in [3.63, 3.8) is 0 Å². The molecule has 6 fully saturated rings. The molecule has 5 saturated heterocycles. The molecule has 1 saturated carbocycles. The van der Waals surface area contributed by atoms with Gasteiger partial charge in [-0.15, -0.1) is 0 Å². The zero-order valence-electron chi connectivity index (χ0n) is 39.6. The molecule has 2 bridgehead atoms. The highest BCUT2D eigenvalue weighted by Crippen LogP contribution is 2.48. The van der Waals surface area contributed by atoms with Crippen molar-refractivity contribution in [1.29, 1.82) is 0 Å². The van der Waals surface area contributed by atoms with Crippen molar-refractivity contribution in [2.24, 2.45) is 11.3 Å². The van der Waals surface area contributed by atoms with Crippen molar-refractivity contribution in [3.8, 4) is 17.2 Å². The lowest BCUT2D eigenvalue weighted by Crippen LogP contribution is -2.69. The molecule has 4 N–H and O–H groups in total. The lowest BCUT2D eigenvalue weighted by Gasteiger charge is -2.57. The third-order valence-electron chi connectivity index (χ3n) is 15.3. The highest BCUT2D eigenvalue weighted by molar-refractivity contribution is 6.17. The zero-order valence-corrected chi connectivity index (χ0v) is 39.6. The molecule has 3 unspecified atom stereocenters. The van der Waals surface area contributed by atoms with Gasteiger partial charge in [0.2, 0.25) is 23.6 Å². The summed E-state index contributed by atoms with van der Waals surface area (Å²) in [5, 5.41) is 12.2. The number of amides is 5. The second-order valence-corrected chi connectivity index (χ2v) is 19.8. The minimum absolute atomic E-state index is 0.214. The molecule has 0 radical (unpaired) electrons. The van der Waals surface area contributed by atoms with Gasteiger partial charge < -0.3 is 35.2 Å². The third-order valence-corrected chi connectivity index (χ3v) is 15.3. The minimum Gasteiger partial charge on any atom is -0.495 e. The molecule has 18 heteroatoms. The molecule has 5 aromatic rings. The van der Waals surface area contributed by atoms with Crippen LogP contribution in [0.15, 0.2) is 85.2 Å². The van der Waals surface area contributed by atoms with Gasteiger partial charge in [0.05, 0.1) is 23.9 Å². The monoisotopic (exact) mass is 964 g/mol. The van der Waals surface area contributed by atoms with Crippen LogP contribution in [0.5, 0.6) is 17.2 Å². The summed E-state index contributed by atoms with van der Waals surface area (Å²) in [4.78, 5) is 81.9. The Bertz CT molecular complexity index is 2880. The van der Waals surface area contributed by atoms with E-state index in [-0.39, 0.29) is 24.1 Å². The maximum atomic E-state index is 13.3. The fraction of sp³-hybridized carbons (Fsp3) is 0.415. The molecule has 5 amide bonds. The number of piperidine rings is 3. The van der Waals surface area contributed by atoms with Crippen molar-refractivity contribution >= 4 is 63.3 Å². The van der Waals surface area contributed by atoms with Crippen LogP contribution in [0, 0.1) is 17.2 Å². The number of carbonyl (C=O) groups is 5. The number of nitrogens with one attached hydrogen (secondary N) is 4. The average Bonchev–Trinajstić information content (AvgIpc) is 4.14. The molecule has 0 spiro atoms. The second kappa shape index (κ2) is 19.2. The van der Waals surface area contributed by atoms with Crippen molar-refractivity contribution in [1.82, 2.24) is 30.0 Å². The topological polar surface area (TPSA) is 191 Å². The summed E-state index contributed by atoms with van der Waals surface area (Å²) in [5.74, 6) is 1.16. The van der Waals surface area contributed by atoms with Gasteiger partial charge in [-0.05, 0) is 129 Å². The quantitative estimate of drug-likeness (QED) is 0.0500. The van der Waals surface area contributed by atoms with Crippen LogP contribution in [-0.4, -0.2) is 125 Å². The normalized spacial score (nSPS) is 21.8. The smallest absolute Gasteiger partial charge is 0.256 e. The van der Waals surface area contributed by atoms with E-state index in [1.165, 1.54) is 30.7 Å². The van der Waals surface area contributed by atoms with Gasteiger partial charge in [-0.3, -0.25) is 44.1 Å². The van der Waals surface area contributed by atoms with Crippen molar-refractivity contribution in [2.45, 2.75) is 76.0 Å². The fourth-order valence-electron chi connectivity index (χ4n) is 11.1. The Morgan fingerprint density at radius 1 is 0.873 bits per heavy atom. The first-order valence-electron chi connectivity index (χ1n) is 24.7. The number of halogens is 1. The molecule has 2 aromatic heterocycles. The van der Waals surface area contributed by atoms with Crippen LogP contribution in [0.2, 0.25) is 0 Å². The van der Waals surface area contributed by atoms with Crippen molar-refractivity contribution in [3.05, 3.63) is 102 Å². The summed E-state index contributed by atoms with van der Waals surface area (Å²) in [6, 6.07) is 20.8. The molecule has 3 aromatic carbocycles. The van der Waals surface area contributed by atoms with E-state index >= 15 is 0 Å². The number of methoxy groups -OCH3 is 1. The van der Waals surface area contributed by atoms with E-state index in [0.717, 1.165) is 98.8 Å². The highest BCUT2D eigenvalue weighted by atomic mass is 19.1. The van der Waals surface area contributed by atoms with Gasteiger partial charge in [-0.2, -0.15) is 0 Å². The summed E-state index contributed by atoms with van der Waals surface area (Å²) in [6.45, 7) is 7.31. The van der Waals surface area contributed by atoms with Gasteiger partial charge in [0.25, 0.3) is 5.91 Å². The van der Waals surface area contributed by atoms with E-state index in [2.05, 4.69) is 47.0 Å². The second-order valence-electron chi connectivity index (χ2n) is 19.8. The van der Waals surface area contributed by atoms with Gasteiger partial charge in [0, 0.05) is 100 Å². The highest BCUT2D eigenvalue weighted by Gasteiger charge is 2.56. The molecule has 6 aliphatic heterocycles. The Kier molecular flexibility index (Phi) is 12.5. The van der Waals surface area contributed by atoms with Crippen LogP contribution < -0.4 is 35.6 Å². The SMILES string of the molecule is COc1cc2c(Oc3ccc(NC(=O)C4(C(=O)Nc5ccc(F)cc5)CC4)cc3)ccnc2cc1N1CCC(CN2CC3CC(C2)N3CCCNc2cc3c(cn2)C(=O)N(C2CCC(=O)NC2=O)C3)CC1. The van der Waals surface area contributed by atoms with E-state index in [4.69, 9.17) is 14.5 Å². The van der Waals surface area contributed by atoms with Crippen LogP contribution in [0.25, 0.3) is 10.9 Å². The number of piperazine rings is 1. The third kappa shape index (κ3) is 9.45. The summed E-state index contributed by atoms with van der Waals surface area (Å²) in [5.41, 5.74) is 2.98. The number of hydrogen-bond acceptors (Lipinski definition) is 13. The standard InChI is InChI=1S/C53H57FN10O7/c1-70-46-25-40-42(55-19-13-45(40)71-39-9-7-36(8-10-39)59-52(69)53(16-17-53)51(68)58-35-5-3-34(54)4-6-35)26-44(46)62-21-14-32(15-22-62)28-61-30-37-24-38(31-61)63(37)20-2-18-56-47-23-33-29-64(50(67)41(33)27-57-47)43-11-12-48(65)60-49(43)66/h3-10,13,19,23,25-27,32,37-38,43H,2,11-12,14-18,20-22,24,28-31H2,1H3,(H,56,57)(H,58,68)(H,59,69)(H,60,65,66). The fourth-order valence-corrected chi connectivity index (χ4v) is 11.1. The number of nitrogens with zero attached hydrogens (tertiary/aromatic N) is 6. The Morgan fingerprint density at radius 2 is 1.59 bits per heavy atom. The van der Waals surface area contributed by atoms with Crippen LogP contribution in [0.4, 0.5) is 27.3 Å². The number of pyridine rings is 2. The largest absolute Gasteiger partial charge is 0.495 e. The van der Waals surface area contributed by atoms with Crippen LogP contribution in [0.3, 0.4) is 0 Å². The number of rotatable bonds is 16. The maximum absolute atomic E-state index is 13.3. The molecule has 1 aliphatic carbocycles. The minimum atomic E-state index is -1.17. The Labute approximate surface area is 410 Å². The summed E-state index contributed by atoms with van der Waals surface area (Å²) < 4.78 is 25.7. The molecular formula is C53H57FN10O7.